The van der Waals surface area contributed by atoms with E-state index in [0.29, 0.717) is 17.4 Å². The molecule has 9 nitrogen and oxygen atoms in total. The number of carboxylic acids is 1. The third-order valence-electron chi connectivity index (χ3n) is 15.7. The number of likely N-dealkylation sites (N-methyl/N-ethyl adjacent to an activating group) is 1. The molecule has 0 fully saturated rings. The van der Waals surface area contributed by atoms with E-state index in [4.69, 9.17) is 18.9 Å². The summed E-state index contributed by atoms with van der Waals surface area (Å²) < 4.78 is 23.0. The van der Waals surface area contributed by atoms with Crippen LogP contribution in [0.1, 0.15) is 284 Å². The van der Waals surface area contributed by atoms with E-state index in [9.17, 15) is 19.5 Å². The van der Waals surface area contributed by atoms with Crippen molar-refractivity contribution in [1.29, 1.82) is 0 Å². The minimum atomic E-state index is -1.53. The third-order valence-corrected chi connectivity index (χ3v) is 15.7. The van der Waals surface area contributed by atoms with Crippen molar-refractivity contribution in [2.45, 2.75) is 296 Å². The smallest absolute Gasteiger partial charge is 0.361 e. The zero-order valence-corrected chi connectivity index (χ0v) is 61.3. The second kappa shape index (κ2) is 74.2. The predicted octanol–water partition coefficient (Wildman–Crippen LogP) is 24.4. The van der Waals surface area contributed by atoms with E-state index >= 15 is 0 Å². The largest absolute Gasteiger partial charge is 0.477 e. The van der Waals surface area contributed by atoms with E-state index in [1.165, 1.54) is 109 Å². The molecule has 0 aromatic carbocycles. The molecule has 536 valence electrons. The standard InChI is InChI=1S/C86H139NO8/c1-6-8-10-12-14-16-18-20-22-24-26-28-30-32-34-36-37-38-39-40-41-42-43-44-45-46-47-49-50-52-54-56-58-60-62-64-66-68-70-72-74-76-83(88)93-80-82(81-94-86(85(90)91)92-79-78-87(3,4)5)95-84(89)77-75-73-71-69-67-65-63-61-59-57-55-53-51-48-35-33-31-29-27-25-23-21-19-17-15-13-11-9-7-2/h8-11,14-17,20-23,26-29,32-35,37-38,40-41,51,53,57,59,63,65,82,86H,6-7,12-13,18-19,24-25,30-31,36,39,42-50,52,54-56,58,60-62,64,66-81H2,1-5H3/p+1/b10-8-,11-9-,16-14-,17-15-,22-20-,23-21-,28-26-,29-27-,34-32-,35-33-,38-37-,41-40-,53-51-,59-57-,65-63-. The summed E-state index contributed by atoms with van der Waals surface area (Å²) in [7, 11) is 5.96. The van der Waals surface area contributed by atoms with Gasteiger partial charge in [0.25, 0.3) is 6.29 Å². The molecule has 9 heteroatoms. The van der Waals surface area contributed by atoms with E-state index in [1.807, 2.05) is 21.1 Å². The van der Waals surface area contributed by atoms with Crippen molar-refractivity contribution < 1.29 is 42.9 Å². The minimum Gasteiger partial charge on any atom is -0.477 e. The van der Waals surface area contributed by atoms with Gasteiger partial charge in [0.1, 0.15) is 13.2 Å². The molecule has 0 aliphatic rings. The summed E-state index contributed by atoms with van der Waals surface area (Å²) in [5, 5.41) is 9.76. The van der Waals surface area contributed by atoms with Crippen molar-refractivity contribution in [2.75, 3.05) is 47.5 Å². The maximum Gasteiger partial charge on any atom is 0.361 e. The Morgan fingerprint density at radius 1 is 0.316 bits per heavy atom. The first-order chi connectivity index (χ1) is 46.6. The lowest BCUT2D eigenvalue weighted by Gasteiger charge is -2.25. The number of rotatable bonds is 68. The summed E-state index contributed by atoms with van der Waals surface area (Å²) in [5.41, 5.74) is 0. The summed E-state index contributed by atoms with van der Waals surface area (Å²) in [5.74, 6) is -2.05. The SMILES string of the molecule is CC/C=C\C/C=C\C/C=C\C/C=C\C/C=C\C/C=C\C/C=C\C/C=C\CCCCCCC(=O)OC(COC(=O)CCCCCCCCCCCCCCCCCCCCC/C=C\C/C=C\C/C=C\C/C=C\C/C=C\C/C=C\C/C=C\CC)COC(OCC[N+](C)(C)C)C(=O)O. The van der Waals surface area contributed by atoms with Gasteiger partial charge in [0.2, 0.25) is 0 Å². The van der Waals surface area contributed by atoms with Crippen LogP contribution in [0.2, 0.25) is 0 Å². The average Bonchev–Trinajstić information content (AvgIpc) is 2.86. The highest BCUT2D eigenvalue weighted by Gasteiger charge is 2.25. The lowest BCUT2D eigenvalue weighted by molar-refractivity contribution is -0.870. The van der Waals surface area contributed by atoms with Gasteiger partial charge in [-0.05, 0) is 135 Å². The Bertz CT molecular complexity index is 2220. The van der Waals surface area contributed by atoms with E-state index in [1.54, 1.807) is 0 Å². The van der Waals surface area contributed by atoms with Crippen molar-refractivity contribution in [3.05, 3.63) is 182 Å². The molecule has 2 atom stereocenters. The number of allylic oxidation sites excluding steroid dienone is 30. The van der Waals surface area contributed by atoms with E-state index in [2.05, 4.69) is 196 Å². The van der Waals surface area contributed by atoms with Gasteiger partial charge < -0.3 is 28.5 Å². The molecule has 0 heterocycles. The average molecular weight is 1320 g/mol. The summed E-state index contributed by atoms with van der Waals surface area (Å²) in [6, 6.07) is 0. The maximum atomic E-state index is 13.0. The van der Waals surface area contributed by atoms with Crippen LogP contribution >= 0.6 is 0 Å². The Hall–Kier alpha value is -5.61. The molecule has 0 rings (SSSR count). The summed E-state index contributed by atoms with van der Waals surface area (Å²) >= 11 is 0. The predicted molar refractivity (Wildman–Crippen MR) is 409 cm³/mol. The van der Waals surface area contributed by atoms with Crippen molar-refractivity contribution in [2.24, 2.45) is 0 Å². The van der Waals surface area contributed by atoms with Crippen LogP contribution in [0.5, 0.6) is 0 Å². The van der Waals surface area contributed by atoms with Crippen LogP contribution in [0.4, 0.5) is 0 Å². The second-order valence-electron chi connectivity index (χ2n) is 25.8. The van der Waals surface area contributed by atoms with Crippen LogP contribution in [0, 0.1) is 0 Å². The number of carbonyl (C=O) groups excluding carboxylic acids is 2. The first-order valence-electron chi connectivity index (χ1n) is 37.9. The number of hydrogen-bond acceptors (Lipinski definition) is 7. The van der Waals surface area contributed by atoms with Crippen molar-refractivity contribution in [3.63, 3.8) is 0 Å². The van der Waals surface area contributed by atoms with Crippen LogP contribution in [-0.2, 0) is 33.3 Å². The van der Waals surface area contributed by atoms with Gasteiger partial charge in [0.05, 0.1) is 34.4 Å². The van der Waals surface area contributed by atoms with Gasteiger partial charge in [0, 0.05) is 12.8 Å². The molecule has 0 aromatic rings. The first kappa shape index (κ1) is 89.4. The number of aliphatic carboxylic acids is 1. The molecular weight excluding hydrogens is 1170 g/mol. The Morgan fingerprint density at radius 3 is 0.842 bits per heavy atom. The lowest BCUT2D eigenvalue weighted by Crippen LogP contribution is -2.40. The monoisotopic (exact) mass is 1320 g/mol. The van der Waals surface area contributed by atoms with Crippen LogP contribution in [0.25, 0.3) is 0 Å². The molecule has 0 spiro atoms. The third kappa shape index (κ3) is 75.6. The van der Waals surface area contributed by atoms with E-state index in [0.717, 1.165) is 141 Å². The van der Waals surface area contributed by atoms with Crippen LogP contribution in [0.3, 0.4) is 0 Å². The lowest BCUT2D eigenvalue weighted by atomic mass is 10.0. The van der Waals surface area contributed by atoms with Gasteiger partial charge >= 0.3 is 17.9 Å². The van der Waals surface area contributed by atoms with Crippen LogP contribution < -0.4 is 0 Å². The van der Waals surface area contributed by atoms with Gasteiger partial charge in [-0.3, -0.25) is 9.59 Å². The number of hydrogen-bond donors (Lipinski definition) is 1. The van der Waals surface area contributed by atoms with E-state index < -0.39 is 24.3 Å². The molecule has 2 unspecified atom stereocenters. The van der Waals surface area contributed by atoms with E-state index in [-0.39, 0.29) is 38.6 Å². The molecular formula is C86H140NO8+. The van der Waals surface area contributed by atoms with Crippen LogP contribution in [0.15, 0.2) is 182 Å². The van der Waals surface area contributed by atoms with Crippen LogP contribution in [-0.4, -0.2) is 87.4 Å². The Balaban J connectivity index is 4.11. The van der Waals surface area contributed by atoms with Crippen molar-refractivity contribution in [3.8, 4) is 0 Å². The highest BCUT2D eigenvalue weighted by atomic mass is 16.7. The fourth-order valence-electron chi connectivity index (χ4n) is 9.95. The number of nitrogens with zero attached hydrogens (tertiary/aromatic N) is 1. The summed E-state index contributed by atoms with van der Waals surface area (Å²) in [4.78, 5) is 37.7. The quantitative estimate of drug-likeness (QED) is 0.0211. The first-order valence-corrected chi connectivity index (χ1v) is 37.9. The normalized spacial score (nSPS) is 13.7. The fourth-order valence-corrected chi connectivity index (χ4v) is 9.95. The van der Waals surface area contributed by atoms with Gasteiger partial charge in [-0.25, -0.2) is 4.79 Å². The number of carboxylic acid groups (broad SMARTS) is 1. The fraction of sp³-hybridized carbons (Fsp3) is 0.616. The molecule has 1 N–H and O–H groups in total. The summed E-state index contributed by atoms with van der Waals surface area (Å²) in [6.07, 6.45) is 110. The number of ether oxygens (including phenoxy) is 4. The highest BCUT2D eigenvalue weighted by Crippen LogP contribution is 2.17. The number of carbonyl (C=O) groups is 3. The highest BCUT2D eigenvalue weighted by molar-refractivity contribution is 5.71. The molecule has 0 saturated heterocycles. The van der Waals surface area contributed by atoms with Gasteiger partial charge in [-0.1, -0.05) is 318 Å². The molecule has 0 aromatic heterocycles. The molecule has 95 heavy (non-hydrogen) atoms. The zero-order valence-electron chi connectivity index (χ0n) is 61.3. The Kier molecular flexibility index (Phi) is 69.8. The van der Waals surface area contributed by atoms with Crippen molar-refractivity contribution in [1.82, 2.24) is 0 Å². The Morgan fingerprint density at radius 2 is 0.568 bits per heavy atom. The minimum absolute atomic E-state index is 0.174. The van der Waals surface area contributed by atoms with Gasteiger partial charge in [-0.15, -0.1) is 0 Å². The topological polar surface area (TPSA) is 108 Å². The molecule has 0 aliphatic carbocycles. The number of unbranched alkanes of at least 4 members (excludes halogenated alkanes) is 23. The molecule has 0 amide bonds. The molecule has 0 aliphatic heterocycles. The zero-order chi connectivity index (χ0) is 69.0. The molecule has 0 saturated carbocycles. The second-order valence-corrected chi connectivity index (χ2v) is 25.8. The molecule has 0 bridgehead atoms. The number of quaternary nitrogens is 1. The summed E-state index contributed by atoms with van der Waals surface area (Å²) in [6.45, 7) is 4.61. The van der Waals surface area contributed by atoms with Gasteiger partial charge in [-0.2, -0.15) is 0 Å². The molecule has 0 radical (unpaired) electrons. The number of esters is 2. The Labute approximate surface area is 583 Å². The maximum absolute atomic E-state index is 13.0. The van der Waals surface area contributed by atoms with Gasteiger partial charge in [0.15, 0.2) is 6.10 Å². The van der Waals surface area contributed by atoms with Crippen molar-refractivity contribution >= 4 is 17.9 Å².